The number of fused-ring (bicyclic) bond motifs is 1. The van der Waals surface area contributed by atoms with Crippen LogP contribution < -0.4 is 4.80 Å². The van der Waals surface area contributed by atoms with Crippen molar-refractivity contribution in [2.24, 2.45) is 4.99 Å². The second kappa shape index (κ2) is 6.69. The lowest BCUT2D eigenvalue weighted by atomic mass is 10.1. The van der Waals surface area contributed by atoms with Crippen molar-refractivity contribution in [1.82, 2.24) is 4.57 Å². The van der Waals surface area contributed by atoms with Crippen LogP contribution in [0.1, 0.15) is 18.1 Å². The van der Waals surface area contributed by atoms with Crippen molar-refractivity contribution in [2.75, 3.05) is 0 Å². The lowest BCUT2D eigenvalue weighted by Gasteiger charge is -2.01. The molecule has 3 aromatic rings. The van der Waals surface area contributed by atoms with Crippen LogP contribution in [0.5, 0.6) is 0 Å². The van der Waals surface area contributed by atoms with Gasteiger partial charge in [-0.3, -0.25) is 4.79 Å². The largest absolute Gasteiger partial charge is 0.317 e. The first-order chi connectivity index (χ1) is 11.1. The van der Waals surface area contributed by atoms with Crippen molar-refractivity contribution in [3.63, 3.8) is 0 Å². The Morgan fingerprint density at radius 2 is 1.96 bits per heavy atom. The molecule has 0 fully saturated rings. The van der Waals surface area contributed by atoms with Gasteiger partial charge in [0.1, 0.15) is 0 Å². The summed E-state index contributed by atoms with van der Waals surface area (Å²) in [5.41, 5.74) is 3.25. The minimum atomic E-state index is -0.141. The third-order valence-electron chi connectivity index (χ3n) is 3.64. The van der Waals surface area contributed by atoms with Crippen LogP contribution in [0.25, 0.3) is 10.2 Å². The van der Waals surface area contributed by atoms with Crippen LogP contribution >= 0.6 is 22.9 Å². The molecule has 0 aliphatic rings. The number of rotatable bonds is 3. The summed E-state index contributed by atoms with van der Waals surface area (Å²) in [6.07, 6.45) is 0.286. The Morgan fingerprint density at radius 1 is 1.22 bits per heavy atom. The fourth-order valence-corrected chi connectivity index (χ4v) is 3.83. The van der Waals surface area contributed by atoms with E-state index in [2.05, 4.69) is 41.6 Å². The Labute approximate surface area is 143 Å². The molecule has 0 unspecified atom stereocenters. The quantitative estimate of drug-likeness (QED) is 0.695. The van der Waals surface area contributed by atoms with Gasteiger partial charge in [-0.15, -0.1) is 0 Å². The Hall–Kier alpha value is -1.91. The standard InChI is InChI=1S/C18H17ClN2OS/c1-3-21-15-9-4-12(2)10-16(15)23-18(21)20-17(22)11-13-5-7-14(19)8-6-13/h4-10H,3,11H2,1-2H3. The van der Waals surface area contributed by atoms with Gasteiger partial charge in [-0.2, -0.15) is 4.99 Å². The van der Waals surface area contributed by atoms with Gasteiger partial charge in [0.15, 0.2) is 4.80 Å². The maximum Gasteiger partial charge on any atom is 0.252 e. The Kier molecular flexibility index (Phi) is 4.64. The topological polar surface area (TPSA) is 34.4 Å². The third-order valence-corrected chi connectivity index (χ3v) is 4.94. The van der Waals surface area contributed by atoms with Gasteiger partial charge < -0.3 is 4.57 Å². The summed E-state index contributed by atoms with van der Waals surface area (Å²) < 4.78 is 3.24. The van der Waals surface area contributed by atoms with Gasteiger partial charge in [0.25, 0.3) is 5.91 Å². The van der Waals surface area contributed by atoms with E-state index in [9.17, 15) is 4.79 Å². The molecular formula is C18H17ClN2OS. The maximum atomic E-state index is 12.3. The summed E-state index contributed by atoms with van der Waals surface area (Å²) in [5.74, 6) is -0.141. The number of halogens is 1. The predicted octanol–water partition coefficient (Wildman–Crippen LogP) is 4.35. The summed E-state index contributed by atoms with van der Waals surface area (Å²) >= 11 is 7.42. The summed E-state index contributed by atoms with van der Waals surface area (Å²) in [7, 11) is 0. The third kappa shape index (κ3) is 3.54. The number of hydrogen-bond acceptors (Lipinski definition) is 2. The van der Waals surface area contributed by atoms with Crippen molar-refractivity contribution in [3.05, 3.63) is 63.4 Å². The number of thiazole rings is 1. The monoisotopic (exact) mass is 344 g/mol. The van der Waals surface area contributed by atoms with Crippen LogP contribution in [-0.2, 0) is 17.8 Å². The van der Waals surface area contributed by atoms with E-state index >= 15 is 0 Å². The van der Waals surface area contributed by atoms with Gasteiger partial charge in [-0.05, 0) is 49.2 Å². The molecule has 118 valence electrons. The van der Waals surface area contributed by atoms with Crippen molar-refractivity contribution < 1.29 is 4.79 Å². The molecule has 1 aromatic heterocycles. The lowest BCUT2D eigenvalue weighted by Crippen LogP contribution is -2.16. The van der Waals surface area contributed by atoms with Gasteiger partial charge >= 0.3 is 0 Å². The van der Waals surface area contributed by atoms with Crippen molar-refractivity contribution in [1.29, 1.82) is 0 Å². The van der Waals surface area contributed by atoms with Crippen LogP contribution in [0.2, 0.25) is 5.02 Å². The van der Waals surface area contributed by atoms with Gasteiger partial charge in [-0.25, -0.2) is 0 Å². The van der Waals surface area contributed by atoms with E-state index in [0.29, 0.717) is 5.02 Å². The van der Waals surface area contributed by atoms with E-state index in [1.807, 2.05) is 12.1 Å². The average Bonchev–Trinajstić information content (AvgIpc) is 2.85. The Morgan fingerprint density at radius 3 is 2.65 bits per heavy atom. The van der Waals surface area contributed by atoms with Crippen LogP contribution in [0, 0.1) is 6.92 Å². The van der Waals surface area contributed by atoms with E-state index in [-0.39, 0.29) is 12.3 Å². The highest BCUT2D eigenvalue weighted by atomic mass is 35.5. The number of amides is 1. The summed E-state index contributed by atoms with van der Waals surface area (Å²) in [5, 5.41) is 0.668. The predicted molar refractivity (Wildman–Crippen MR) is 96.0 cm³/mol. The van der Waals surface area contributed by atoms with E-state index < -0.39 is 0 Å². The Bertz CT molecular complexity index is 922. The number of aromatic nitrogens is 1. The zero-order chi connectivity index (χ0) is 16.4. The SMILES string of the molecule is CCn1c(=NC(=O)Cc2ccc(Cl)cc2)sc2cc(C)ccc21. The molecular weight excluding hydrogens is 328 g/mol. The van der Waals surface area contributed by atoms with Crippen molar-refractivity contribution in [2.45, 2.75) is 26.8 Å². The van der Waals surface area contributed by atoms with Crippen molar-refractivity contribution in [3.8, 4) is 0 Å². The molecule has 1 amide bonds. The number of aryl methyl sites for hydroxylation is 2. The molecule has 23 heavy (non-hydrogen) atoms. The van der Waals surface area contributed by atoms with Crippen LogP contribution in [0.3, 0.4) is 0 Å². The first-order valence-electron chi connectivity index (χ1n) is 7.49. The zero-order valence-electron chi connectivity index (χ0n) is 13.0. The maximum absolute atomic E-state index is 12.3. The molecule has 0 radical (unpaired) electrons. The molecule has 0 spiro atoms. The van der Waals surface area contributed by atoms with Gasteiger partial charge in [0.05, 0.1) is 16.6 Å². The molecule has 5 heteroatoms. The number of benzene rings is 2. The summed E-state index contributed by atoms with van der Waals surface area (Å²) in [6.45, 7) is 4.92. The average molecular weight is 345 g/mol. The minimum Gasteiger partial charge on any atom is -0.317 e. The van der Waals surface area contributed by atoms with Gasteiger partial charge in [0.2, 0.25) is 0 Å². The van der Waals surface area contributed by atoms with Crippen LogP contribution in [-0.4, -0.2) is 10.5 Å². The highest BCUT2D eigenvalue weighted by molar-refractivity contribution is 7.16. The second-order valence-electron chi connectivity index (χ2n) is 5.41. The summed E-state index contributed by atoms with van der Waals surface area (Å²) in [6, 6.07) is 13.6. The van der Waals surface area contributed by atoms with E-state index in [0.717, 1.165) is 27.1 Å². The van der Waals surface area contributed by atoms with Gasteiger partial charge in [-0.1, -0.05) is 41.1 Å². The number of carbonyl (C=O) groups excluding carboxylic acids is 1. The molecule has 0 aliphatic heterocycles. The highest BCUT2D eigenvalue weighted by Crippen LogP contribution is 2.19. The lowest BCUT2D eigenvalue weighted by molar-refractivity contribution is -0.117. The van der Waals surface area contributed by atoms with Crippen LogP contribution in [0.15, 0.2) is 47.5 Å². The van der Waals surface area contributed by atoms with E-state index in [4.69, 9.17) is 11.6 Å². The number of hydrogen-bond donors (Lipinski definition) is 0. The van der Waals surface area contributed by atoms with E-state index in [1.54, 1.807) is 23.5 Å². The molecule has 3 rings (SSSR count). The molecule has 3 nitrogen and oxygen atoms in total. The molecule has 0 atom stereocenters. The van der Waals surface area contributed by atoms with Crippen LogP contribution in [0.4, 0.5) is 0 Å². The normalized spacial score (nSPS) is 12.0. The van der Waals surface area contributed by atoms with Gasteiger partial charge in [0, 0.05) is 11.6 Å². The fourth-order valence-electron chi connectivity index (χ4n) is 2.49. The molecule has 2 aromatic carbocycles. The zero-order valence-corrected chi connectivity index (χ0v) is 14.6. The summed E-state index contributed by atoms with van der Waals surface area (Å²) in [4.78, 5) is 17.4. The number of nitrogens with zero attached hydrogens (tertiary/aromatic N) is 2. The molecule has 0 saturated carbocycles. The minimum absolute atomic E-state index is 0.141. The molecule has 1 heterocycles. The molecule has 0 bridgehead atoms. The molecule has 0 aliphatic carbocycles. The van der Waals surface area contributed by atoms with E-state index in [1.165, 1.54) is 5.56 Å². The highest BCUT2D eigenvalue weighted by Gasteiger charge is 2.07. The first-order valence-corrected chi connectivity index (χ1v) is 8.68. The molecule has 0 saturated heterocycles. The first kappa shape index (κ1) is 16.0. The molecule has 0 N–H and O–H groups in total. The second-order valence-corrected chi connectivity index (χ2v) is 6.85. The van der Waals surface area contributed by atoms with Crippen molar-refractivity contribution >= 4 is 39.1 Å². The smallest absolute Gasteiger partial charge is 0.252 e. The fraction of sp³-hybridized carbons (Fsp3) is 0.222. The number of carbonyl (C=O) groups is 1. The Balaban J connectivity index is 1.96.